The second-order valence-electron chi connectivity index (χ2n) is 6.19. The molecule has 1 nitrogen and oxygen atoms in total. The molecule has 0 aromatic heterocycles. The van der Waals surface area contributed by atoms with E-state index in [-0.39, 0.29) is 0 Å². The van der Waals surface area contributed by atoms with Crippen LogP contribution in [-0.4, -0.2) is 12.6 Å². The third-order valence-electron chi connectivity index (χ3n) is 3.54. The molecule has 0 saturated carbocycles. The number of hydrogen-bond donors (Lipinski definition) is 1. The van der Waals surface area contributed by atoms with Crippen molar-refractivity contribution >= 4 is 0 Å². The van der Waals surface area contributed by atoms with Gasteiger partial charge in [-0.05, 0) is 50.5 Å². The largest absolute Gasteiger partial charge is 0.313 e. The lowest BCUT2D eigenvalue weighted by Crippen LogP contribution is -2.41. The molecule has 0 fully saturated rings. The fourth-order valence-corrected chi connectivity index (χ4v) is 2.36. The van der Waals surface area contributed by atoms with E-state index in [1.165, 1.54) is 38.5 Å². The van der Waals surface area contributed by atoms with Crippen LogP contribution in [0.25, 0.3) is 0 Å². The normalized spacial score (nSPS) is 19.4. The monoisotopic (exact) mass is 223 g/mol. The van der Waals surface area contributed by atoms with E-state index in [1.807, 2.05) is 0 Å². The molecule has 16 heavy (non-hydrogen) atoms. The third kappa shape index (κ3) is 4.69. The minimum absolute atomic E-state index is 0.369. The van der Waals surface area contributed by atoms with Crippen LogP contribution < -0.4 is 5.32 Å². The topological polar surface area (TPSA) is 12.0 Å². The van der Waals surface area contributed by atoms with Crippen molar-refractivity contribution in [3.05, 3.63) is 11.6 Å². The molecule has 0 aliphatic heterocycles. The summed E-state index contributed by atoms with van der Waals surface area (Å²) in [5, 5.41) is 3.72. The van der Waals surface area contributed by atoms with Gasteiger partial charge in [0, 0.05) is 6.04 Å². The van der Waals surface area contributed by atoms with Crippen molar-refractivity contribution in [1.82, 2.24) is 5.32 Å². The number of hydrogen-bond acceptors (Lipinski definition) is 1. The fourth-order valence-electron chi connectivity index (χ4n) is 2.36. The lowest BCUT2D eigenvalue weighted by atomic mass is 9.81. The van der Waals surface area contributed by atoms with Crippen molar-refractivity contribution < 1.29 is 0 Å². The van der Waals surface area contributed by atoms with Gasteiger partial charge < -0.3 is 5.32 Å². The van der Waals surface area contributed by atoms with Crippen LogP contribution in [0.2, 0.25) is 0 Å². The van der Waals surface area contributed by atoms with E-state index in [9.17, 15) is 0 Å². The van der Waals surface area contributed by atoms with Gasteiger partial charge >= 0.3 is 0 Å². The Morgan fingerprint density at radius 1 is 1.31 bits per heavy atom. The van der Waals surface area contributed by atoms with Gasteiger partial charge in [0.1, 0.15) is 0 Å². The SMILES string of the molecule is CCCNC(CC1=CCCCC1)C(C)(C)C. The fraction of sp³-hybridized carbons (Fsp3) is 0.867. The third-order valence-corrected chi connectivity index (χ3v) is 3.54. The van der Waals surface area contributed by atoms with E-state index in [1.54, 1.807) is 5.57 Å². The molecule has 1 rings (SSSR count). The molecule has 1 atom stereocenters. The summed E-state index contributed by atoms with van der Waals surface area (Å²) in [7, 11) is 0. The Hall–Kier alpha value is -0.300. The minimum Gasteiger partial charge on any atom is -0.313 e. The summed E-state index contributed by atoms with van der Waals surface area (Å²) < 4.78 is 0. The first-order chi connectivity index (χ1) is 7.54. The second kappa shape index (κ2) is 6.44. The maximum Gasteiger partial charge on any atom is 0.0153 e. The molecule has 0 saturated heterocycles. The first-order valence-corrected chi connectivity index (χ1v) is 6.95. The van der Waals surface area contributed by atoms with Gasteiger partial charge in [0.25, 0.3) is 0 Å². The Balaban J connectivity index is 2.52. The Morgan fingerprint density at radius 3 is 2.56 bits per heavy atom. The average molecular weight is 223 g/mol. The van der Waals surface area contributed by atoms with E-state index < -0.39 is 0 Å². The molecule has 1 aliphatic carbocycles. The van der Waals surface area contributed by atoms with Crippen LogP contribution in [0.5, 0.6) is 0 Å². The van der Waals surface area contributed by atoms with Crippen molar-refractivity contribution in [1.29, 1.82) is 0 Å². The highest BCUT2D eigenvalue weighted by Gasteiger charge is 2.24. The van der Waals surface area contributed by atoms with Crippen molar-refractivity contribution in [3.63, 3.8) is 0 Å². The summed E-state index contributed by atoms with van der Waals surface area (Å²) in [6.45, 7) is 10.4. The van der Waals surface area contributed by atoms with Crippen LogP contribution in [0, 0.1) is 5.41 Å². The highest BCUT2D eigenvalue weighted by Crippen LogP contribution is 2.28. The molecule has 0 spiro atoms. The van der Waals surface area contributed by atoms with Gasteiger partial charge in [-0.3, -0.25) is 0 Å². The second-order valence-corrected chi connectivity index (χ2v) is 6.19. The van der Waals surface area contributed by atoms with Crippen LogP contribution in [0.3, 0.4) is 0 Å². The molecular weight excluding hydrogens is 194 g/mol. The van der Waals surface area contributed by atoms with Crippen LogP contribution in [-0.2, 0) is 0 Å². The highest BCUT2D eigenvalue weighted by molar-refractivity contribution is 5.08. The van der Waals surface area contributed by atoms with Gasteiger partial charge in [-0.25, -0.2) is 0 Å². The van der Waals surface area contributed by atoms with Gasteiger partial charge in [-0.2, -0.15) is 0 Å². The zero-order valence-electron chi connectivity index (χ0n) is 11.6. The summed E-state index contributed by atoms with van der Waals surface area (Å²) in [6, 6.07) is 0.636. The zero-order chi connectivity index (χ0) is 12.0. The Morgan fingerprint density at radius 2 is 2.06 bits per heavy atom. The molecule has 1 unspecified atom stereocenters. The predicted molar refractivity (Wildman–Crippen MR) is 72.7 cm³/mol. The summed E-state index contributed by atoms with van der Waals surface area (Å²) in [5.41, 5.74) is 2.06. The van der Waals surface area contributed by atoms with Crippen molar-refractivity contribution in [2.75, 3.05) is 6.54 Å². The van der Waals surface area contributed by atoms with Crippen LogP contribution in [0.15, 0.2) is 11.6 Å². The first-order valence-electron chi connectivity index (χ1n) is 6.95. The number of nitrogens with one attached hydrogen (secondary N) is 1. The molecule has 1 aliphatic rings. The number of rotatable bonds is 5. The quantitative estimate of drug-likeness (QED) is 0.686. The van der Waals surface area contributed by atoms with E-state index in [0.29, 0.717) is 11.5 Å². The van der Waals surface area contributed by atoms with Gasteiger partial charge in [0.2, 0.25) is 0 Å². The molecule has 0 aromatic rings. The Kier molecular flexibility index (Phi) is 5.54. The number of allylic oxidation sites excluding steroid dienone is 1. The van der Waals surface area contributed by atoms with Crippen LogP contribution in [0.1, 0.15) is 66.2 Å². The predicted octanol–water partition coefficient (Wildman–Crippen LogP) is 4.29. The van der Waals surface area contributed by atoms with Crippen molar-refractivity contribution in [3.8, 4) is 0 Å². The first kappa shape index (κ1) is 13.8. The Bertz CT molecular complexity index is 222. The van der Waals surface area contributed by atoms with E-state index >= 15 is 0 Å². The molecule has 1 N–H and O–H groups in total. The summed E-state index contributed by atoms with van der Waals surface area (Å²) in [4.78, 5) is 0. The molecule has 94 valence electrons. The van der Waals surface area contributed by atoms with Crippen LogP contribution in [0.4, 0.5) is 0 Å². The standard InChI is InChI=1S/C15H29N/c1-5-11-16-14(15(2,3)4)12-13-9-7-6-8-10-13/h9,14,16H,5-8,10-12H2,1-4H3. The molecule has 0 aromatic carbocycles. The molecular formula is C15H29N. The Labute approximate surface area is 102 Å². The summed E-state index contributed by atoms with van der Waals surface area (Å²) >= 11 is 0. The van der Waals surface area contributed by atoms with Crippen molar-refractivity contribution in [2.24, 2.45) is 5.41 Å². The molecule has 0 heterocycles. The van der Waals surface area contributed by atoms with Crippen molar-refractivity contribution in [2.45, 2.75) is 72.3 Å². The lowest BCUT2D eigenvalue weighted by molar-refractivity contribution is 0.264. The van der Waals surface area contributed by atoms with E-state index in [4.69, 9.17) is 0 Å². The molecule has 0 radical (unpaired) electrons. The van der Waals surface area contributed by atoms with Crippen LogP contribution >= 0.6 is 0 Å². The minimum atomic E-state index is 0.369. The zero-order valence-corrected chi connectivity index (χ0v) is 11.6. The highest BCUT2D eigenvalue weighted by atomic mass is 14.9. The molecule has 0 amide bonds. The van der Waals surface area contributed by atoms with Gasteiger partial charge in [0.15, 0.2) is 0 Å². The molecule has 1 heteroatoms. The summed E-state index contributed by atoms with van der Waals surface area (Å²) in [5.74, 6) is 0. The van der Waals surface area contributed by atoms with E-state index in [2.05, 4.69) is 39.1 Å². The van der Waals surface area contributed by atoms with E-state index in [0.717, 1.165) is 6.54 Å². The van der Waals surface area contributed by atoms with Gasteiger partial charge in [0.05, 0.1) is 0 Å². The summed E-state index contributed by atoms with van der Waals surface area (Å²) in [6.07, 6.45) is 10.4. The maximum atomic E-state index is 3.72. The average Bonchev–Trinajstić information content (AvgIpc) is 2.24. The maximum absolute atomic E-state index is 3.72. The van der Waals surface area contributed by atoms with Gasteiger partial charge in [-0.15, -0.1) is 0 Å². The van der Waals surface area contributed by atoms with Gasteiger partial charge in [-0.1, -0.05) is 39.3 Å². The molecule has 0 bridgehead atoms. The lowest BCUT2D eigenvalue weighted by Gasteiger charge is -2.33. The smallest absolute Gasteiger partial charge is 0.0153 e.